The van der Waals surface area contributed by atoms with Gasteiger partial charge in [-0.2, -0.15) is 5.10 Å². The van der Waals surface area contributed by atoms with Crippen molar-refractivity contribution in [1.82, 2.24) is 24.6 Å². The second-order valence-electron chi connectivity index (χ2n) is 7.49. The third kappa shape index (κ3) is 4.60. The molecule has 3 heterocycles. The number of hydrogen-bond acceptors (Lipinski definition) is 5. The van der Waals surface area contributed by atoms with Gasteiger partial charge in [0.15, 0.2) is 0 Å². The van der Waals surface area contributed by atoms with Crippen LogP contribution in [0.15, 0.2) is 12.7 Å². The van der Waals surface area contributed by atoms with Crippen LogP contribution in [0.1, 0.15) is 38.5 Å². The van der Waals surface area contributed by atoms with Crippen molar-refractivity contribution < 1.29 is 14.3 Å². The number of aryl methyl sites for hydroxylation is 1. The number of methoxy groups -OCH3 is 1. The van der Waals surface area contributed by atoms with Gasteiger partial charge in [-0.25, -0.2) is 4.98 Å². The van der Waals surface area contributed by atoms with Crippen molar-refractivity contribution in [2.75, 3.05) is 39.9 Å². The molecule has 1 atom stereocenters. The van der Waals surface area contributed by atoms with Crippen LogP contribution in [0, 0.1) is 5.41 Å². The maximum atomic E-state index is 12.6. The summed E-state index contributed by atoms with van der Waals surface area (Å²) in [6.45, 7) is 4.32. The van der Waals surface area contributed by atoms with E-state index in [4.69, 9.17) is 4.74 Å². The number of ether oxygens (including phenoxy) is 1. The first-order valence-corrected chi connectivity index (χ1v) is 9.49. The summed E-state index contributed by atoms with van der Waals surface area (Å²) in [4.78, 5) is 32.8. The number of piperidine rings is 2. The lowest BCUT2D eigenvalue weighted by Crippen LogP contribution is -2.55. The summed E-state index contributed by atoms with van der Waals surface area (Å²) in [5.74, 6) is 0.406. The van der Waals surface area contributed by atoms with Crippen LogP contribution in [0.5, 0.6) is 0 Å². The highest BCUT2D eigenvalue weighted by molar-refractivity contribution is 5.78. The number of likely N-dealkylation sites (tertiary alicyclic amines) is 2. The molecule has 0 radical (unpaired) electrons. The summed E-state index contributed by atoms with van der Waals surface area (Å²) in [5.41, 5.74) is 0.0577. The predicted octanol–water partition coefficient (Wildman–Crippen LogP) is 0.936. The summed E-state index contributed by atoms with van der Waals surface area (Å²) in [5, 5.41) is 4.05. The molecule has 1 aromatic rings. The number of carbonyl (C=O) groups excluding carboxylic acids is 2. The Morgan fingerprint density at radius 2 is 2.19 bits per heavy atom. The van der Waals surface area contributed by atoms with Crippen molar-refractivity contribution in [2.45, 2.75) is 45.1 Å². The maximum absolute atomic E-state index is 12.6. The largest absolute Gasteiger partial charge is 0.385 e. The molecule has 2 fully saturated rings. The Balaban J connectivity index is 1.55. The Morgan fingerprint density at radius 1 is 1.31 bits per heavy atom. The molecule has 0 aliphatic carbocycles. The number of carbonyl (C=O) groups is 2. The lowest BCUT2D eigenvalue weighted by molar-refractivity contribution is -0.143. The number of rotatable bonds is 7. The Kier molecular flexibility index (Phi) is 6.24. The molecule has 1 unspecified atom stereocenters. The number of aromatic nitrogens is 3. The molecule has 144 valence electrons. The predicted molar refractivity (Wildman–Crippen MR) is 95.2 cm³/mol. The highest BCUT2D eigenvalue weighted by Gasteiger charge is 2.42. The average Bonchev–Trinajstić information content (AvgIpc) is 3.17. The monoisotopic (exact) mass is 363 g/mol. The summed E-state index contributed by atoms with van der Waals surface area (Å²) >= 11 is 0. The van der Waals surface area contributed by atoms with Crippen molar-refractivity contribution in [1.29, 1.82) is 0 Å². The van der Waals surface area contributed by atoms with E-state index < -0.39 is 0 Å². The minimum Gasteiger partial charge on any atom is -0.385 e. The van der Waals surface area contributed by atoms with Gasteiger partial charge in [0.25, 0.3) is 0 Å². The summed E-state index contributed by atoms with van der Waals surface area (Å²) in [6.07, 6.45) is 8.00. The van der Waals surface area contributed by atoms with E-state index in [9.17, 15) is 9.59 Å². The number of hydrogen-bond donors (Lipinski definition) is 0. The maximum Gasteiger partial charge on any atom is 0.224 e. The average molecular weight is 363 g/mol. The highest BCUT2D eigenvalue weighted by atomic mass is 16.5. The molecule has 0 N–H and O–H groups in total. The van der Waals surface area contributed by atoms with Gasteiger partial charge in [-0.1, -0.05) is 0 Å². The molecule has 2 amide bonds. The summed E-state index contributed by atoms with van der Waals surface area (Å²) in [6, 6.07) is 0. The Hall–Kier alpha value is -1.96. The Morgan fingerprint density at radius 3 is 2.96 bits per heavy atom. The Bertz CT molecular complexity index is 606. The third-order valence-electron chi connectivity index (χ3n) is 5.56. The fourth-order valence-electron chi connectivity index (χ4n) is 4.18. The van der Waals surface area contributed by atoms with Gasteiger partial charge in [-0.05, 0) is 25.7 Å². The number of amides is 2. The van der Waals surface area contributed by atoms with Gasteiger partial charge in [0.2, 0.25) is 11.8 Å². The fourth-order valence-corrected chi connectivity index (χ4v) is 4.18. The molecule has 2 aliphatic heterocycles. The first kappa shape index (κ1) is 18.8. The first-order chi connectivity index (χ1) is 12.6. The zero-order valence-electron chi connectivity index (χ0n) is 15.6. The molecule has 0 aromatic carbocycles. The van der Waals surface area contributed by atoms with E-state index in [0.29, 0.717) is 26.0 Å². The van der Waals surface area contributed by atoms with Gasteiger partial charge in [0.05, 0.1) is 6.54 Å². The smallest absolute Gasteiger partial charge is 0.224 e. The van der Waals surface area contributed by atoms with Gasteiger partial charge in [-0.3, -0.25) is 14.3 Å². The molecule has 2 saturated heterocycles. The van der Waals surface area contributed by atoms with Crippen LogP contribution in [0.3, 0.4) is 0 Å². The molecule has 1 spiro atoms. The van der Waals surface area contributed by atoms with E-state index in [1.165, 1.54) is 6.33 Å². The standard InChI is InChI=1S/C18H29N5O3/c1-26-11-3-9-22-13-18(7-4-16(22)24)6-2-8-21(12-18)17(25)5-10-23-15-19-14-20-23/h14-15H,2-13H2,1H3. The molecule has 0 saturated carbocycles. The normalized spacial score (nSPS) is 23.7. The van der Waals surface area contributed by atoms with Gasteiger partial charge < -0.3 is 14.5 Å². The van der Waals surface area contributed by atoms with Crippen molar-refractivity contribution in [3.05, 3.63) is 12.7 Å². The molecule has 0 bridgehead atoms. The van der Waals surface area contributed by atoms with Crippen LogP contribution < -0.4 is 0 Å². The van der Waals surface area contributed by atoms with Crippen LogP contribution >= 0.6 is 0 Å². The topological polar surface area (TPSA) is 80.6 Å². The second kappa shape index (κ2) is 8.62. The van der Waals surface area contributed by atoms with E-state index in [-0.39, 0.29) is 17.2 Å². The van der Waals surface area contributed by atoms with Gasteiger partial charge in [0, 0.05) is 58.2 Å². The minimum atomic E-state index is 0.0577. The van der Waals surface area contributed by atoms with E-state index >= 15 is 0 Å². The Labute approximate surface area is 154 Å². The lowest BCUT2D eigenvalue weighted by atomic mass is 9.73. The fraction of sp³-hybridized carbons (Fsp3) is 0.778. The molecular formula is C18H29N5O3. The van der Waals surface area contributed by atoms with Crippen molar-refractivity contribution >= 4 is 11.8 Å². The SMILES string of the molecule is COCCCN1CC2(CCCN(C(=O)CCn3cncn3)C2)CCC1=O. The molecule has 3 rings (SSSR count). The van der Waals surface area contributed by atoms with Crippen molar-refractivity contribution in [2.24, 2.45) is 5.41 Å². The van der Waals surface area contributed by atoms with Crippen LogP contribution in [0.2, 0.25) is 0 Å². The van der Waals surface area contributed by atoms with Crippen LogP contribution in [0.4, 0.5) is 0 Å². The van der Waals surface area contributed by atoms with E-state index in [1.807, 2.05) is 9.80 Å². The highest BCUT2D eigenvalue weighted by Crippen LogP contribution is 2.39. The molecule has 1 aromatic heterocycles. The summed E-state index contributed by atoms with van der Waals surface area (Å²) in [7, 11) is 1.68. The third-order valence-corrected chi connectivity index (χ3v) is 5.56. The van der Waals surface area contributed by atoms with Crippen molar-refractivity contribution in [3.63, 3.8) is 0 Å². The lowest BCUT2D eigenvalue weighted by Gasteiger charge is -2.48. The molecular weight excluding hydrogens is 334 g/mol. The molecule has 26 heavy (non-hydrogen) atoms. The van der Waals surface area contributed by atoms with E-state index in [1.54, 1.807) is 18.1 Å². The quantitative estimate of drug-likeness (QED) is 0.674. The summed E-state index contributed by atoms with van der Waals surface area (Å²) < 4.78 is 6.80. The van der Waals surface area contributed by atoms with E-state index in [2.05, 4.69) is 10.1 Å². The van der Waals surface area contributed by atoms with E-state index in [0.717, 1.165) is 51.9 Å². The van der Waals surface area contributed by atoms with Crippen LogP contribution in [0.25, 0.3) is 0 Å². The molecule has 2 aliphatic rings. The second-order valence-corrected chi connectivity index (χ2v) is 7.49. The van der Waals surface area contributed by atoms with Crippen LogP contribution in [-0.4, -0.2) is 76.3 Å². The molecule has 8 nitrogen and oxygen atoms in total. The number of nitrogens with zero attached hydrogens (tertiary/aromatic N) is 5. The van der Waals surface area contributed by atoms with Gasteiger partial charge in [0.1, 0.15) is 12.7 Å². The van der Waals surface area contributed by atoms with Crippen molar-refractivity contribution in [3.8, 4) is 0 Å². The minimum absolute atomic E-state index is 0.0577. The van der Waals surface area contributed by atoms with Crippen LogP contribution in [-0.2, 0) is 20.9 Å². The zero-order valence-corrected chi connectivity index (χ0v) is 15.6. The zero-order chi connectivity index (χ0) is 18.4. The van der Waals surface area contributed by atoms with Gasteiger partial charge >= 0.3 is 0 Å². The first-order valence-electron chi connectivity index (χ1n) is 9.49. The molecule has 8 heteroatoms. The van der Waals surface area contributed by atoms with Gasteiger partial charge in [-0.15, -0.1) is 0 Å².